The Morgan fingerprint density at radius 1 is 1.16 bits per heavy atom. The number of aromatic nitrogens is 4. The average Bonchev–Trinajstić information content (AvgIpc) is 2.83. The van der Waals surface area contributed by atoms with Gasteiger partial charge in [0, 0.05) is 12.2 Å². The third-order valence-corrected chi connectivity index (χ3v) is 2.73. The molecule has 0 bridgehead atoms. The van der Waals surface area contributed by atoms with E-state index in [1.807, 2.05) is 30.3 Å². The van der Waals surface area contributed by atoms with Gasteiger partial charge in [0.15, 0.2) is 5.65 Å². The number of nitrogens with one attached hydrogen (secondary N) is 1. The van der Waals surface area contributed by atoms with Crippen LogP contribution in [0.2, 0.25) is 0 Å². The molecule has 0 amide bonds. The van der Waals surface area contributed by atoms with Crippen molar-refractivity contribution in [3.63, 3.8) is 0 Å². The summed E-state index contributed by atoms with van der Waals surface area (Å²) in [7, 11) is 0. The largest absolute Gasteiger partial charge is 0.395 e. The van der Waals surface area contributed by atoms with E-state index >= 15 is 0 Å². The van der Waals surface area contributed by atoms with Gasteiger partial charge in [-0.3, -0.25) is 0 Å². The second-order valence-corrected chi connectivity index (χ2v) is 4.06. The van der Waals surface area contributed by atoms with Crippen LogP contribution in [0.1, 0.15) is 0 Å². The van der Waals surface area contributed by atoms with E-state index in [-0.39, 0.29) is 6.61 Å². The van der Waals surface area contributed by atoms with Gasteiger partial charge < -0.3 is 15.0 Å². The Balaban J connectivity index is 1.94. The van der Waals surface area contributed by atoms with Gasteiger partial charge in [0.25, 0.3) is 0 Å². The highest BCUT2D eigenvalue weighted by molar-refractivity contribution is 5.71. The summed E-state index contributed by atoms with van der Waals surface area (Å²) in [6.45, 7) is 0.523. The lowest BCUT2D eigenvalue weighted by atomic mass is 10.3. The zero-order valence-electron chi connectivity index (χ0n) is 10.2. The van der Waals surface area contributed by atoms with Gasteiger partial charge in [-0.2, -0.15) is 4.98 Å². The Morgan fingerprint density at radius 3 is 2.79 bits per heavy atom. The SMILES string of the molecule is OCCn1cnc2cnc(Nc3ccccc3)nc21. The van der Waals surface area contributed by atoms with Crippen LogP contribution in [-0.2, 0) is 6.54 Å². The second kappa shape index (κ2) is 5.03. The zero-order valence-corrected chi connectivity index (χ0v) is 10.2. The first-order valence-electron chi connectivity index (χ1n) is 5.97. The molecule has 19 heavy (non-hydrogen) atoms. The zero-order chi connectivity index (χ0) is 13.1. The first-order chi connectivity index (χ1) is 9.36. The van der Waals surface area contributed by atoms with Gasteiger partial charge in [0.1, 0.15) is 5.52 Å². The molecule has 0 fully saturated rings. The molecule has 3 rings (SSSR count). The molecule has 0 radical (unpaired) electrons. The number of anilines is 2. The van der Waals surface area contributed by atoms with E-state index in [9.17, 15) is 0 Å². The van der Waals surface area contributed by atoms with Crippen LogP contribution in [0.15, 0.2) is 42.9 Å². The van der Waals surface area contributed by atoms with Crippen molar-refractivity contribution in [1.29, 1.82) is 0 Å². The van der Waals surface area contributed by atoms with Crippen molar-refractivity contribution in [2.24, 2.45) is 0 Å². The summed E-state index contributed by atoms with van der Waals surface area (Å²) in [5.74, 6) is 0.512. The molecule has 6 nitrogen and oxygen atoms in total. The number of hydrogen-bond donors (Lipinski definition) is 2. The second-order valence-electron chi connectivity index (χ2n) is 4.06. The highest BCUT2D eigenvalue weighted by Crippen LogP contribution is 2.15. The normalized spacial score (nSPS) is 10.8. The standard InChI is InChI=1S/C13H13N5O/c19-7-6-18-9-15-11-8-14-13(17-12(11)18)16-10-4-2-1-3-5-10/h1-5,8-9,19H,6-7H2,(H,14,16,17). The van der Waals surface area contributed by atoms with Crippen molar-refractivity contribution in [2.75, 3.05) is 11.9 Å². The molecular weight excluding hydrogens is 242 g/mol. The van der Waals surface area contributed by atoms with Crippen LogP contribution in [0.3, 0.4) is 0 Å². The van der Waals surface area contributed by atoms with Crippen molar-refractivity contribution in [2.45, 2.75) is 6.54 Å². The van der Waals surface area contributed by atoms with Crippen LogP contribution in [-0.4, -0.2) is 31.2 Å². The summed E-state index contributed by atoms with van der Waals surface area (Å²) < 4.78 is 1.80. The number of imidazole rings is 1. The number of aliphatic hydroxyl groups is 1. The fraction of sp³-hybridized carbons (Fsp3) is 0.154. The van der Waals surface area contributed by atoms with E-state index in [4.69, 9.17) is 5.11 Å². The van der Waals surface area contributed by atoms with Crippen LogP contribution < -0.4 is 5.32 Å². The molecule has 0 aliphatic carbocycles. The molecule has 6 heteroatoms. The fourth-order valence-electron chi connectivity index (χ4n) is 1.84. The summed E-state index contributed by atoms with van der Waals surface area (Å²) in [6.07, 6.45) is 3.32. The molecule has 0 spiro atoms. The number of hydrogen-bond acceptors (Lipinski definition) is 5. The minimum Gasteiger partial charge on any atom is -0.395 e. The van der Waals surface area contributed by atoms with Gasteiger partial charge in [0.05, 0.1) is 19.1 Å². The average molecular weight is 255 g/mol. The Bertz CT molecular complexity index is 680. The number of benzene rings is 1. The molecule has 0 aliphatic heterocycles. The molecule has 3 aromatic rings. The van der Waals surface area contributed by atoms with E-state index in [0.717, 1.165) is 5.69 Å². The molecule has 0 aliphatic rings. The molecule has 0 unspecified atom stereocenters. The minimum atomic E-state index is 0.0525. The first kappa shape index (κ1) is 11.6. The lowest BCUT2D eigenvalue weighted by Crippen LogP contribution is -2.03. The molecule has 2 heterocycles. The third kappa shape index (κ3) is 2.38. The summed E-state index contributed by atoms with van der Waals surface area (Å²) in [4.78, 5) is 12.8. The monoisotopic (exact) mass is 255 g/mol. The number of nitrogens with zero attached hydrogens (tertiary/aromatic N) is 4. The van der Waals surface area contributed by atoms with E-state index in [2.05, 4.69) is 20.3 Å². The van der Waals surface area contributed by atoms with Gasteiger partial charge >= 0.3 is 0 Å². The number of fused-ring (bicyclic) bond motifs is 1. The summed E-state index contributed by atoms with van der Waals surface area (Å²) in [5.41, 5.74) is 2.35. The van der Waals surface area contributed by atoms with Crippen LogP contribution in [0.5, 0.6) is 0 Å². The molecule has 0 saturated heterocycles. The smallest absolute Gasteiger partial charge is 0.229 e. The maximum absolute atomic E-state index is 8.99. The predicted molar refractivity (Wildman–Crippen MR) is 72.1 cm³/mol. The molecule has 1 aromatic carbocycles. The van der Waals surface area contributed by atoms with Crippen molar-refractivity contribution >= 4 is 22.8 Å². The van der Waals surface area contributed by atoms with Gasteiger partial charge in [-0.1, -0.05) is 18.2 Å². The summed E-state index contributed by atoms with van der Waals surface area (Å²) in [5, 5.41) is 12.1. The summed E-state index contributed by atoms with van der Waals surface area (Å²) in [6, 6.07) is 9.72. The Kier molecular flexibility index (Phi) is 3.07. The highest BCUT2D eigenvalue weighted by atomic mass is 16.3. The Labute approximate surface area is 109 Å². The topological polar surface area (TPSA) is 75.9 Å². The number of aliphatic hydroxyl groups excluding tert-OH is 1. The van der Waals surface area contributed by atoms with Gasteiger partial charge in [0.2, 0.25) is 5.95 Å². The lowest BCUT2D eigenvalue weighted by molar-refractivity contribution is 0.277. The van der Waals surface area contributed by atoms with Gasteiger partial charge in [-0.25, -0.2) is 9.97 Å². The fourth-order valence-corrected chi connectivity index (χ4v) is 1.84. The maximum Gasteiger partial charge on any atom is 0.229 e. The Hall–Kier alpha value is -2.47. The van der Waals surface area contributed by atoms with Crippen molar-refractivity contribution < 1.29 is 5.11 Å². The van der Waals surface area contributed by atoms with E-state index in [1.54, 1.807) is 17.1 Å². The maximum atomic E-state index is 8.99. The van der Waals surface area contributed by atoms with Crippen LogP contribution in [0, 0.1) is 0 Å². The molecular formula is C13H13N5O. The lowest BCUT2D eigenvalue weighted by Gasteiger charge is -2.05. The molecule has 2 N–H and O–H groups in total. The molecule has 0 saturated carbocycles. The van der Waals surface area contributed by atoms with Gasteiger partial charge in [-0.05, 0) is 12.1 Å². The third-order valence-electron chi connectivity index (χ3n) is 2.73. The molecule has 0 atom stereocenters. The van der Waals surface area contributed by atoms with Crippen molar-refractivity contribution in [3.05, 3.63) is 42.9 Å². The van der Waals surface area contributed by atoms with Crippen LogP contribution >= 0.6 is 0 Å². The first-order valence-corrected chi connectivity index (χ1v) is 5.97. The quantitative estimate of drug-likeness (QED) is 0.740. The number of para-hydroxylation sites is 1. The van der Waals surface area contributed by atoms with Crippen LogP contribution in [0.25, 0.3) is 11.2 Å². The van der Waals surface area contributed by atoms with E-state index in [0.29, 0.717) is 23.7 Å². The molecule has 2 aromatic heterocycles. The van der Waals surface area contributed by atoms with E-state index in [1.165, 1.54) is 0 Å². The predicted octanol–water partition coefficient (Wildman–Crippen LogP) is 1.56. The summed E-state index contributed by atoms with van der Waals surface area (Å²) >= 11 is 0. The van der Waals surface area contributed by atoms with Gasteiger partial charge in [-0.15, -0.1) is 0 Å². The Morgan fingerprint density at radius 2 is 2.00 bits per heavy atom. The highest BCUT2D eigenvalue weighted by Gasteiger charge is 2.06. The minimum absolute atomic E-state index is 0.0525. The van der Waals surface area contributed by atoms with Crippen LogP contribution in [0.4, 0.5) is 11.6 Å². The van der Waals surface area contributed by atoms with Crippen molar-refractivity contribution in [3.8, 4) is 0 Å². The van der Waals surface area contributed by atoms with E-state index < -0.39 is 0 Å². The number of rotatable bonds is 4. The van der Waals surface area contributed by atoms with Crippen molar-refractivity contribution in [1.82, 2.24) is 19.5 Å². The molecule has 96 valence electrons.